The van der Waals surface area contributed by atoms with Gasteiger partial charge in [0.25, 0.3) is 47.3 Å². The number of carbonyl (C=O) groups is 14. The number of fused-ring (bicyclic) bond motifs is 4. The van der Waals surface area contributed by atoms with E-state index in [1.54, 1.807) is 54.6 Å². The van der Waals surface area contributed by atoms with Crippen molar-refractivity contribution in [1.82, 2.24) is 41.0 Å². The highest BCUT2D eigenvalue weighted by atomic mass is 32.1. The summed E-state index contributed by atoms with van der Waals surface area (Å²) >= 11 is 0. The van der Waals surface area contributed by atoms with E-state index < -0.39 is 123 Å². The second-order valence-electron chi connectivity index (χ2n) is 30.5. The van der Waals surface area contributed by atoms with Crippen molar-refractivity contribution in [2.24, 2.45) is 5.73 Å². The Hall–Kier alpha value is -12.4. The molecule has 8 heterocycles. The average molecular weight is 1910 g/mol. The molecule has 6 aliphatic heterocycles. The topological polar surface area (TPSA) is 511 Å². The fourth-order valence-electron chi connectivity index (χ4n) is 14.8. The Bertz CT molecular complexity index is 5590. The van der Waals surface area contributed by atoms with Crippen molar-refractivity contribution in [2.75, 3.05) is 148 Å². The molecular weight excluding hydrogens is 1810 g/mol. The number of hydrogen-bond donors (Lipinski definition) is 10. The highest BCUT2D eigenvalue weighted by Crippen LogP contribution is 2.36. The van der Waals surface area contributed by atoms with Gasteiger partial charge in [0.1, 0.15) is 65.8 Å². The summed E-state index contributed by atoms with van der Waals surface area (Å²) in [6, 6.07) is 25.4. The van der Waals surface area contributed by atoms with Gasteiger partial charge in [0, 0.05) is 117 Å². The maximum Gasteiger partial charge on any atom is 0.352 e. The van der Waals surface area contributed by atoms with Crippen LogP contribution >= 0.6 is 27.0 Å². The van der Waals surface area contributed by atoms with Gasteiger partial charge < -0.3 is 98.8 Å². The first-order valence-electron chi connectivity index (χ1n) is 41.9. The van der Waals surface area contributed by atoms with Crippen molar-refractivity contribution in [1.29, 1.82) is 0 Å². The maximum atomic E-state index is 13.5. The van der Waals surface area contributed by atoms with E-state index in [-0.39, 0.29) is 170 Å². The minimum Gasteiger partial charge on any atom is -0.491 e. The molecule has 134 heavy (non-hydrogen) atoms. The molecule has 4 saturated heterocycles. The molecule has 11 N–H and O–H groups in total. The number of amides is 12. The van der Waals surface area contributed by atoms with Crippen molar-refractivity contribution in [3.05, 3.63) is 189 Å². The van der Waals surface area contributed by atoms with E-state index in [4.69, 9.17) is 58.2 Å². The largest absolute Gasteiger partial charge is 0.491 e. The van der Waals surface area contributed by atoms with E-state index >= 15 is 0 Å². The molecule has 4 fully saturated rings. The molecule has 12 amide bonds. The number of halogens is 4. The van der Waals surface area contributed by atoms with Crippen LogP contribution in [0.4, 0.5) is 28.9 Å². The number of nitrogens with one attached hydrogen (secondary N) is 6. The summed E-state index contributed by atoms with van der Waals surface area (Å²) in [5, 5.41) is 41.1. The Kier molecular flexibility index (Phi) is 38.9. The zero-order valence-corrected chi connectivity index (χ0v) is 73.6. The molecule has 2 aromatic heterocycles. The molecule has 4 atom stereocenters. The fourth-order valence-corrected chi connectivity index (χ4v) is 14.8. The summed E-state index contributed by atoms with van der Waals surface area (Å²) in [7, 11) is 0. The van der Waals surface area contributed by atoms with E-state index in [1.807, 2.05) is 0 Å². The number of aromatic amines is 2. The van der Waals surface area contributed by atoms with E-state index in [2.05, 4.69) is 31.2 Å². The predicted molar refractivity (Wildman–Crippen MR) is 478 cm³/mol. The number of aromatic carboxylic acids is 1. The molecule has 0 radical (unpaired) electrons. The lowest BCUT2D eigenvalue weighted by Crippen LogP contribution is -2.54. The molecule has 0 saturated carbocycles. The second-order valence-corrected chi connectivity index (χ2v) is 30.5. The molecule has 38 nitrogen and oxygen atoms in total. The van der Waals surface area contributed by atoms with Crippen LogP contribution in [0.15, 0.2) is 121 Å². The Balaban J connectivity index is 0.000000246. The maximum absolute atomic E-state index is 13.5. The fraction of sp³-hybridized carbons (Fsp3) is 0.400. The van der Waals surface area contributed by atoms with E-state index in [9.17, 15) is 94.9 Å². The Morgan fingerprint density at radius 1 is 0.433 bits per heavy atom. The number of carbonyl (C=O) groups excluding carboxylic acids is 13. The number of ketones is 1. The van der Waals surface area contributed by atoms with Crippen LogP contribution in [-0.2, 0) is 89.3 Å². The number of Topliss-reactive ketones (excluding diaryl/α,β-unsaturated/α-hetero) is 1. The zero-order valence-electron chi connectivity index (χ0n) is 71.6. The zero-order chi connectivity index (χ0) is 93.5. The van der Waals surface area contributed by atoms with Gasteiger partial charge in [-0.25, -0.2) is 22.4 Å². The van der Waals surface area contributed by atoms with Crippen LogP contribution in [0, 0.1) is 23.3 Å². The van der Waals surface area contributed by atoms with E-state index in [0.717, 1.165) is 34.1 Å². The molecular formula is C90H103F4N11O27S2. The number of rotatable bonds is 44. The van der Waals surface area contributed by atoms with Gasteiger partial charge in [-0.05, 0) is 140 Å². The normalized spacial score (nSPS) is 17.8. The molecule has 14 rings (SSSR count). The van der Waals surface area contributed by atoms with Crippen molar-refractivity contribution in [3.8, 4) is 11.5 Å². The summed E-state index contributed by atoms with van der Waals surface area (Å²) in [6.45, 7) is 6.60. The van der Waals surface area contributed by atoms with Gasteiger partial charge in [-0.2, -0.15) is 27.0 Å². The molecule has 2 unspecified atom stereocenters. The number of carboxylic acids is 1. The van der Waals surface area contributed by atoms with Crippen LogP contribution in [0.1, 0.15) is 132 Å². The van der Waals surface area contributed by atoms with Crippen molar-refractivity contribution < 1.29 is 147 Å². The first-order valence-corrected chi connectivity index (χ1v) is 41.9. The molecule has 44 heteroatoms. The lowest BCUT2D eigenvalue weighted by molar-refractivity contribution is -0.150. The molecule has 6 aliphatic rings. The highest BCUT2D eigenvalue weighted by molar-refractivity contribution is 7.59. The monoisotopic (exact) mass is 1910 g/mol. The third-order valence-corrected chi connectivity index (χ3v) is 21.5. The number of aromatic nitrogens is 2. The summed E-state index contributed by atoms with van der Waals surface area (Å²) < 4.78 is 108. The quantitative estimate of drug-likeness (QED) is 0.00787. The Morgan fingerprint density at radius 3 is 1.16 bits per heavy atom. The first kappa shape index (κ1) is 105. The number of ether oxygens (including phenoxy) is 10. The second kappa shape index (κ2) is 49.5. The van der Waals surface area contributed by atoms with Gasteiger partial charge in [-0.1, -0.05) is 7.43 Å². The Morgan fingerprint density at radius 2 is 0.784 bits per heavy atom. The van der Waals surface area contributed by atoms with Crippen LogP contribution in [-0.4, -0.2) is 280 Å². The third kappa shape index (κ3) is 26.8. The lowest BCUT2D eigenvalue weighted by atomic mass is 10.0. The number of nitrogens with two attached hydrogens (primary N) is 1. The average Bonchev–Trinajstić information content (AvgIpc) is 1.61. The number of piperidine rings is 2. The number of aliphatic hydroxyl groups is 2. The molecule has 8 aromatic rings. The molecule has 0 aliphatic carbocycles. The van der Waals surface area contributed by atoms with Gasteiger partial charge in [-0.3, -0.25) is 82.8 Å². The van der Waals surface area contributed by atoms with Crippen LogP contribution < -0.4 is 46.3 Å². The number of nitrogens with zero attached hydrogens (tertiary/aromatic N) is 4. The number of carboxylic acid groups (broad SMARTS) is 1. The van der Waals surface area contributed by atoms with Crippen molar-refractivity contribution in [3.63, 3.8) is 0 Å². The summed E-state index contributed by atoms with van der Waals surface area (Å²) in [5.41, 5.74) is 3.96. The number of H-pyrrole nitrogens is 2. The molecule has 0 bridgehead atoms. The van der Waals surface area contributed by atoms with E-state index in [1.165, 1.54) is 40.1 Å². The van der Waals surface area contributed by atoms with Gasteiger partial charge in [0.15, 0.2) is 5.78 Å². The van der Waals surface area contributed by atoms with Crippen LogP contribution in [0.5, 0.6) is 11.5 Å². The summed E-state index contributed by atoms with van der Waals surface area (Å²) in [5.74, 6) is -11.9. The number of imide groups is 4. The van der Waals surface area contributed by atoms with Crippen LogP contribution in [0.3, 0.4) is 0 Å². The SMILES string of the molecule is C.NCCOCCOCCOCCOCCOc1ccc2c(c1)C(=O)N(C1CCC(=O)NC1=O)C2=O.O=C(O)c1cc2cc(N3CC[C@](O)(C(=O)NCc4cc(F)cc(F)c4)C3=O)ccc2[nH]1.O=C1CCC(N2C(=O)c3ccc(OCCOCCOCCOCCOCCCC(=O)c4cc5cc(N6CC[C@](O)(C(=O)NCc7cc(F)cc(F)c7)C6=O)ccc5[nH]4)cc3C2=O)C(=O)N1.S.S. The van der Waals surface area contributed by atoms with E-state index in [0.29, 0.717) is 175 Å². The van der Waals surface area contributed by atoms with Gasteiger partial charge in [0.05, 0.1) is 127 Å². The van der Waals surface area contributed by atoms with Gasteiger partial charge in [0.2, 0.25) is 34.8 Å². The standard InChI is InChI=1S/C45H47F2N5O13.C23H31N3O9.C21H17F2N3O5.CH4.2H2S/c46-29-20-27(21-30(47)24-29)26-48-43(58)45(60)9-10-51(44(45)59)31-3-6-35-28(22-31)23-36(49-35)38(53)2-1-11-61-12-13-62-14-15-63-16-17-64-18-19-65-32-4-5-33-34(25-32)42(57)52(41(33)56)37-7-8-39(54)50-40(37)55;24-5-6-31-7-8-32-9-10-33-11-12-34-13-14-35-16-1-2-17-18(15-16)23(30)26(22(17)29)19-3-4-20(27)25-21(19)28;22-13-5-11(6-14(23)9-13)10-24-19(29)21(31)3-4-26(20(21)30)15-1-2-16-12(7-15)8-17(25-16)18(27)28;;;/h3-6,20-25,37,49,60H,1-2,7-19,26H2,(H,48,58)(H,50,54,55);1-2,15,19H,3-14,24H2,(H,25,27,28);1-2,5-9,25,31H,3-4,10H2,(H,24,29)(H,27,28);1H4;2*1H2/t37?,45-;;21-;;;/m0.0.../s1. The molecule has 0 spiro atoms. The number of benzene rings is 6. The van der Waals surface area contributed by atoms with Gasteiger partial charge >= 0.3 is 5.97 Å². The van der Waals surface area contributed by atoms with Crippen LogP contribution in [0.2, 0.25) is 0 Å². The number of anilines is 2. The van der Waals surface area contributed by atoms with Gasteiger partial charge in [-0.15, -0.1) is 0 Å². The first-order chi connectivity index (χ1) is 63.0. The lowest BCUT2D eigenvalue weighted by Gasteiger charge is -2.27. The summed E-state index contributed by atoms with van der Waals surface area (Å²) in [4.78, 5) is 184. The smallest absolute Gasteiger partial charge is 0.352 e. The van der Waals surface area contributed by atoms with Crippen molar-refractivity contribution >= 4 is 143 Å². The molecule has 6 aromatic carbocycles. The van der Waals surface area contributed by atoms with Crippen molar-refractivity contribution in [2.45, 2.75) is 95.2 Å². The third-order valence-electron chi connectivity index (χ3n) is 21.5. The van der Waals surface area contributed by atoms with Crippen LogP contribution in [0.25, 0.3) is 21.8 Å². The minimum atomic E-state index is -2.36. The predicted octanol–water partition coefficient (Wildman–Crippen LogP) is 5.02. The highest BCUT2D eigenvalue weighted by Gasteiger charge is 2.54. The summed E-state index contributed by atoms with van der Waals surface area (Å²) in [6.07, 6.45) is 0.620. The minimum absolute atomic E-state index is 0. The Labute approximate surface area is 777 Å². The number of hydrogen-bond acceptors (Lipinski definition) is 27. The molecule has 720 valence electrons.